The highest BCUT2D eigenvalue weighted by molar-refractivity contribution is 7.92. The summed E-state index contributed by atoms with van der Waals surface area (Å²) in [6.07, 6.45) is 0.690. The minimum absolute atomic E-state index is 0.0296. The second-order valence-corrected chi connectivity index (χ2v) is 11.5. The number of carbonyl (C=O) groups is 2. The molecule has 3 aromatic carbocycles. The van der Waals surface area contributed by atoms with Crippen LogP contribution in [0.25, 0.3) is 0 Å². The molecule has 3 rings (SSSR count). The molecule has 3 aromatic rings. The third-order valence-electron chi connectivity index (χ3n) is 6.92. The molecular formula is C30H36FN3O4S. The lowest BCUT2D eigenvalue weighted by Gasteiger charge is -2.33. The van der Waals surface area contributed by atoms with Crippen molar-refractivity contribution in [2.24, 2.45) is 0 Å². The Morgan fingerprint density at radius 1 is 0.923 bits per heavy atom. The quantitative estimate of drug-likeness (QED) is 0.363. The van der Waals surface area contributed by atoms with Gasteiger partial charge in [0.1, 0.15) is 18.4 Å². The number of amides is 2. The number of benzene rings is 3. The van der Waals surface area contributed by atoms with Gasteiger partial charge in [-0.15, -0.1) is 0 Å². The Labute approximate surface area is 230 Å². The Morgan fingerprint density at radius 3 is 2.21 bits per heavy atom. The second kappa shape index (κ2) is 12.9. The summed E-state index contributed by atoms with van der Waals surface area (Å²) < 4.78 is 43.4. The van der Waals surface area contributed by atoms with Crippen LogP contribution >= 0.6 is 0 Å². The summed E-state index contributed by atoms with van der Waals surface area (Å²) in [5.74, 6) is -1.56. The largest absolute Gasteiger partial charge is 0.352 e. The molecule has 0 spiro atoms. The number of hydrogen-bond donors (Lipinski definition) is 1. The standard InChI is InChI=1S/C30H36FN3O4S/c1-6-22(3)32-30(36)24(5)33(19-25-14-10-11-17-27(25)31)29(35)20-34(28-18-12-13-21(2)23(28)4)39(37,38)26-15-8-7-9-16-26/h7-18,22,24H,6,19-20H2,1-5H3,(H,32,36)/t22-,24+/m0/s1. The number of halogens is 1. The van der Waals surface area contributed by atoms with E-state index in [-0.39, 0.29) is 23.0 Å². The number of carbonyl (C=O) groups excluding carboxylic acids is 2. The average Bonchev–Trinajstić information content (AvgIpc) is 2.92. The number of nitrogens with one attached hydrogen (secondary N) is 1. The Kier molecular flexibility index (Phi) is 9.86. The van der Waals surface area contributed by atoms with Crippen molar-refractivity contribution in [2.45, 2.75) is 64.6 Å². The summed E-state index contributed by atoms with van der Waals surface area (Å²) in [5.41, 5.74) is 2.14. The molecule has 0 heterocycles. The van der Waals surface area contributed by atoms with E-state index in [1.807, 2.05) is 26.8 Å². The van der Waals surface area contributed by atoms with Crippen LogP contribution in [0, 0.1) is 19.7 Å². The predicted molar refractivity (Wildman–Crippen MR) is 151 cm³/mol. The van der Waals surface area contributed by atoms with E-state index in [2.05, 4.69) is 5.32 Å². The minimum Gasteiger partial charge on any atom is -0.352 e. The molecule has 2 amide bonds. The van der Waals surface area contributed by atoms with Crippen LogP contribution in [0.3, 0.4) is 0 Å². The molecule has 0 radical (unpaired) electrons. The minimum atomic E-state index is -4.16. The van der Waals surface area contributed by atoms with Crippen molar-refractivity contribution in [1.29, 1.82) is 0 Å². The molecule has 1 N–H and O–H groups in total. The Bertz CT molecular complexity index is 1410. The smallest absolute Gasteiger partial charge is 0.264 e. The molecule has 2 atom stereocenters. The first kappa shape index (κ1) is 29.8. The fourth-order valence-corrected chi connectivity index (χ4v) is 5.59. The molecule has 0 fully saturated rings. The van der Waals surface area contributed by atoms with E-state index in [1.54, 1.807) is 56.3 Å². The van der Waals surface area contributed by atoms with Gasteiger partial charge in [-0.2, -0.15) is 0 Å². The SMILES string of the molecule is CC[C@H](C)NC(=O)[C@@H](C)N(Cc1ccccc1F)C(=O)CN(c1cccc(C)c1C)S(=O)(=O)c1ccccc1. The normalized spacial score (nSPS) is 12.9. The molecule has 208 valence electrons. The van der Waals surface area contributed by atoms with Gasteiger partial charge >= 0.3 is 0 Å². The van der Waals surface area contributed by atoms with Crippen LogP contribution in [0.2, 0.25) is 0 Å². The van der Waals surface area contributed by atoms with Gasteiger partial charge in [0, 0.05) is 18.2 Å². The molecule has 0 unspecified atom stereocenters. The van der Waals surface area contributed by atoms with E-state index < -0.39 is 40.2 Å². The molecule has 9 heteroatoms. The van der Waals surface area contributed by atoms with Gasteiger partial charge in [-0.05, 0) is 69.5 Å². The monoisotopic (exact) mass is 553 g/mol. The number of rotatable bonds is 11. The van der Waals surface area contributed by atoms with Gasteiger partial charge in [-0.3, -0.25) is 13.9 Å². The fourth-order valence-electron chi connectivity index (χ4n) is 4.10. The maximum atomic E-state index is 14.6. The highest BCUT2D eigenvalue weighted by Gasteiger charge is 2.33. The molecule has 7 nitrogen and oxygen atoms in total. The van der Waals surface area contributed by atoms with Crippen molar-refractivity contribution in [2.75, 3.05) is 10.8 Å². The zero-order chi connectivity index (χ0) is 28.7. The van der Waals surface area contributed by atoms with E-state index in [9.17, 15) is 22.4 Å². The van der Waals surface area contributed by atoms with Crippen LogP contribution < -0.4 is 9.62 Å². The zero-order valence-corrected chi connectivity index (χ0v) is 23.8. The van der Waals surface area contributed by atoms with Gasteiger partial charge in [-0.1, -0.05) is 55.5 Å². The molecular weight excluding hydrogens is 517 g/mol. The maximum absolute atomic E-state index is 14.6. The van der Waals surface area contributed by atoms with Gasteiger partial charge in [-0.25, -0.2) is 12.8 Å². The highest BCUT2D eigenvalue weighted by Crippen LogP contribution is 2.29. The Morgan fingerprint density at radius 2 is 1.56 bits per heavy atom. The summed E-state index contributed by atoms with van der Waals surface area (Å²) in [6.45, 7) is 8.21. The van der Waals surface area contributed by atoms with Gasteiger partial charge in [0.25, 0.3) is 10.0 Å². The lowest BCUT2D eigenvalue weighted by atomic mass is 10.1. The summed E-state index contributed by atoms with van der Waals surface area (Å²) in [5, 5.41) is 2.86. The fraction of sp³-hybridized carbons (Fsp3) is 0.333. The summed E-state index contributed by atoms with van der Waals surface area (Å²) in [4.78, 5) is 28.3. The molecule has 0 saturated carbocycles. The molecule has 0 aliphatic rings. The number of nitrogens with zero attached hydrogens (tertiary/aromatic N) is 2. The van der Waals surface area contributed by atoms with Crippen molar-refractivity contribution in [3.8, 4) is 0 Å². The van der Waals surface area contributed by atoms with Crippen LogP contribution in [-0.4, -0.2) is 43.8 Å². The van der Waals surface area contributed by atoms with Crippen molar-refractivity contribution in [3.05, 3.63) is 95.3 Å². The molecule has 39 heavy (non-hydrogen) atoms. The zero-order valence-electron chi connectivity index (χ0n) is 23.0. The van der Waals surface area contributed by atoms with Crippen molar-refractivity contribution in [3.63, 3.8) is 0 Å². The topological polar surface area (TPSA) is 86.8 Å². The van der Waals surface area contributed by atoms with Crippen LogP contribution in [0.1, 0.15) is 43.9 Å². The van der Waals surface area contributed by atoms with Gasteiger partial charge in [0.15, 0.2) is 0 Å². The van der Waals surface area contributed by atoms with Gasteiger partial charge < -0.3 is 10.2 Å². The first-order chi connectivity index (χ1) is 18.5. The van der Waals surface area contributed by atoms with Crippen molar-refractivity contribution >= 4 is 27.5 Å². The lowest BCUT2D eigenvalue weighted by Crippen LogP contribution is -2.52. The predicted octanol–water partition coefficient (Wildman–Crippen LogP) is 4.97. The van der Waals surface area contributed by atoms with Crippen molar-refractivity contribution in [1.82, 2.24) is 10.2 Å². The summed E-state index contributed by atoms with van der Waals surface area (Å²) >= 11 is 0. The van der Waals surface area contributed by atoms with Gasteiger partial charge in [0.05, 0.1) is 10.6 Å². The third-order valence-corrected chi connectivity index (χ3v) is 8.70. The Balaban J connectivity index is 2.07. The van der Waals surface area contributed by atoms with Gasteiger partial charge in [0.2, 0.25) is 11.8 Å². The van der Waals surface area contributed by atoms with Crippen molar-refractivity contribution < 1.29 is 22.4 Å². The third kappa shape index (κ3) is 7.03. The molecule has 0 aliphatic heterocycles. The molecule has 0 aromatic heterocycles. The van der Waals surface area contributed by atoms with Crippen LogP contribution in [0.5, 0.6) is 0 Å². The first-order valence-electron chi connectivity index (χ1n) is 12.9. The molecule has 0 aliphatic carbocycles. The van der Waals surface area contributed by atoms with E-state index >= 15 is 0 Å². The highest BCUT2D eigenvalue weighted by atomic mass is 32.2. The Hall–Kier alpha value is -3.72. The van der Waals surface area contributed by atoms with E-state index in [4.69, 9.17) is 0 Å². The first-order valence-corrected chi connectivity index (χ1v) is 14.4. The van der Waals surface area contributed by atoms with E-state index in [0.717, 1.165) is 9.87 Å². The number of aryl methyl sites for hydroxylation is 1. The lowest BCUT2D eigenvalue weighted by molar-refractivity contribution is -0.139. The summed E-state index contributed by atoms with van der Waals surface area (Å²) in [6, 6.07) is 18.0. The van der Waals surface area contributed by atoms with Crippen LogP contribution in [0.4, 0.5) is 10.1 Å². The van der Waals surface area contributed by atoms with E-state index in [1.165, 1.54) is 29.2 Å². The second-order valence-electron chi connectivity index (χ2n) is 9.65. The van der Waals surface area contributed by atoms with Crippen LogP contribution in [0.15, 0.2) is 77.7 Å². The summed E-state index contributed by atoms with van der Waals surface area (Å²) in [7, 11) is -4.16. The van der Waals surface area contributed by atoms with Crippen LogP contribution in [-0.2, 0) is 26.2 Å². The number of sulfonamides is 1. The molecule has 0 saturated heterocycles. The number of anilines is 1. The van der Waals surface area contributed by atoms with E-state index in [0.29, 0.717) is 17.7 Å². The number of hydrogen-bond acceptors (Lipinski definition) is 4. The average molecular weight is 554 g/mol. The molecule has 0 bridgehead atoms. The maximum Gasteiger partial charge on any atom is 0.264 e.